The molecule has 1 aromatic rings. The van der Waals surface area contributed by atoms with E-state index in [4.69, 9.17) is 11.6 Å². The molecule has 0 aromatic heterocycles. The van der Waals surface area contributed by atoms with Crippen molar-refractivity contribution in [2.45, 2.75) is 37.7 Å². The first-order valence-electron chi connectivity index (χ1n) is 6.31. The molecule has 0 bridgehead atoms. The molecule has 0 amide bonds. The Bertz CT molecular complexity index is 633. The molecule has 7 nitrogen and oxygen atoms in total. The van der Waals surface area contributed by atoms with Crippen molar-refractivity contribution >= 4 is 27.3 Å². The lowest BCUT2D eigenvalue weighted by molar-refractivity contribution is -0.385. The van der Waals surface area contributed by atoms with Gasteiger partial charge in [0, 0.05) is 18.2 Å². The minimum atomic E-state index is -3.91. The van der Waals surface area contributed by atoms with Gasteiger partial charge in [0.1, 0.15) is 0 Å². The highest BCUT2D eigenvalue weighted by Crippen LogP contribution is 2.29. The molecular weight excluding hydrogens is 320 g/mol. The molecule has 0 aliphatic rings. The van der Waals surface area contributed by atoms with E-state index in [0.717, 1.165) is 6.07 Å². The molecule has 9 heteroatoms. The smallest absolute Gasteiger partial charge is 0.275 e. The molecule has 0 saturated heterocycles. The van der Waals surface area contributed by atoms with Gasteiger partial charge in [-0.25, -0.2) is 13.1 Å². The van der Waals surface area contributed by atoms with E-state index < -0.39 is 21.1 Å². The van der Waals surface area contributed by atoms with Crippen LogP contribution in [0.5, 0.6) is 0 Å². The molecule has 0 radical (unpaired) electrons. The Hall–Kier alpha value is -1.22. The highest BCUT2D eigenvalue weighted by Gasteiger charge is 2.22. The zero-order chi connectivity index (χ0) is 16.2. The summed E-state index contributed by atoms with van der Waals surface area (Å²) < 4.78 is 26.4. The summed E-state index contributed by atoms with van der Waals surface area (Å²) in [5.41, 5.74) is -0.140. The number of rotatable bonds is 7. The number of nitrogens with zero attached hydrogens (tertiary/aromatic N) is 1. The van der Waals surface area contributed by atoms with Gasteiger partial charge < -0.3 is 5.11 Å². The monoisotopic (exact) mass is 336 g/mol. The first-order chi connectivity index (χ1) is 9.69. The average Bonchev–Trinajstić information content (AvgIpc) is 2.40. The van der Waals surface area contributed by atoms with Crippen LogP contribution in [0.15, 0.2) is 17.0 Å². The van der Waals surface area contributed by atoms with Crippen molar-refractivity contribution in [3.8, 4) is 0 Å². The van der Waals surface area contributed by atoms with Crippen LogP contribution in [0.2, 0.25) is 5.02 Å². The van der Waals surface area contributed by atoms with Crippen molar-refractivity contribution in [3.05, 3.63) is 32.8 Å². The summed E-state index contributed by atoms with van der Waals surface area (Å²) in [6.45, 7) is 3.26. The fourth-order valence-electron chi connectivity index (χ4n) is 1.63. The number of halogens is 1. The molecule has 1 aromatic carbocycles. The Morgan fingerprint density at radius 2 is 2.10 bits per heavy atom. The third-order valence-corrected chi connectivity index (χ3v) is 4.87. The normalized spacial score (nSPS) is 13.1. The maximum atomic E-state index is 12.1. The zero-order valence-corrected chi connectivity index (χ0v) is 13.2. The molecule has 21 heavy (non-hydrogen) atoms. The molecule has 0 heterocycles. The lowest BCUT2D eigenvalue weighted by atomic mass is 10.2. The van der Waals surface area contributed by atoms with Crippen LogP contribution in [0.3, 0.4) is 0 Å². The van der Waals surface area contributed by atoms with Crippen LogP contribution < -0.4 is 4.72 Å². The number of nitrogens with one attached hydrogen (secondary N) is 1. The van der Waals surface area contributed by atoms with E-state index in [-0.39, 0.29) is 34.1 Å². The summed E-state index contributed by atoms with van der Waals surface area (Å²) in [7, 11) is -3.91. The minimum absolute atomic E-state index is 0.0122. The summed E-state index contributed by atoms with van der Waals surface area (Å²) >= 11 is 5.84. The number of nitro groups is 1. The Kier molecular flexibility index (Phi) is 6.09. The standard InChI is InChI=1S/C12H17ClN2O5S/c1-3-9(16)4-5-14-21(19,20)10-6-11(13)8(2)12(7-10)15(17)18/h6-7,9,14,16H,3-5H2,1-2H3. The first-order valence-corrected chi connectivity index (χ1v) is 8.17. The lowest BCUT2D eigenvalue weighted by Gasteiger charge is -2.10. The Morgan fingerprint density at radius 1 is 1.48 bits per heavy atom. The number of benzene rings is 1. The van der Waals surface area contributed by atoms with Crippen LogP contribution in [-0.2, 0) is 10.0 Å². The van der Waals surface area contributed by atoms with Gasteiger partial charge in [-0.3, -0.25) is 10.1 Å². The van der Waals surface area contributed by atoms with Crippen molar-refractivity contribution in [2.75, 3.05) is 6.54 Å². The fraction of sp³-hybridized carbons (Fsp3) is 0.500. The summed E-state index contributed by atoms with van der Waals surface area (Å²) in [5.74, 6) is 0. The van der Waals surface area contributed by atoms with Crippen LogP contribution in [-0.4, -0.2) is 31.1 Å². The molecule has 1 unspecified atom stereocenters. The van der Waals surface area contributed by atoms with Crippen molar-refractivity contribution < 1.29 is 18.4 Å². The molecule has 0 fully saturated rings. The Labute approximate surface area is 128 Å². The van der Waals surface area contributed by atoms with Gasteiger partial charge >= 0.3 is 0 Å². The van der Waals surface area contributed by atoms with Gasteiger partial charge in [-0.05, 0) is 25.8 Å². The minimum Gasteiger partial charge on any atom is -0.393 e. The van der Waals surface area contributed by atoms with Crippen LogP contribution >= 0.6 is 11.6 Å². The number of aliphatic hydroxyl groups is 1. The van der Waals surface area contributed by atoms with Crippen LogP contribution in [0, 0.1) is 17.0 Å². The van der Waals surface area contributed by atoms with Gasteiger partial charge in [-0.1, -0.05) is 18.5 Å². The van der Waals surface area contributed by atoms with E-state index >= 15 is 0 Å². The van der Waals surface area contributed by atoms with Gasteiger partial charge in [0.15, 0.2) is 0 Å². The van der Waals surface area contributed by atoms with Gasteiger partial charge in [0.05, 0.1) is 20.9 Å². The van der Waals surface area contributed by atoms with Crippen LogP contribution in [0.4, 0.5) is 5.69 Å². The molecule has 2 N–H and O–H groups in total. The Morgan fingerprint density at radius 3 is 2.62 bits per heavy atom. The second-order valence-corrected chi connectivity index (χ2v) is 6.73. The van der Waals surface area contributed by atoms with E-state index in [9.17, 15) is 23.6 Å². The van der Waals surface area contributed by atoms with Gasteiger partial charge in [0.25, 0.3) is 5.69 Å². The topological polar surface area (TPSA) is 110 Å². The molecule has 1 atom stereocenters. The maximum absolute atomic E-state index is 12.1. The van der Waals surface area contributed by atoms with E-state index in [0.29, 0.717) is 6.42 Å². The number of aliphatic hydroxyl groups excluding tert-OH is 1. The molecule has 1 rings (SSSR count). The van der Waals surface area contributed by atoms with Crippen molar-refractivity contribution in [1.29, 1.82) is 0 Å². The second kappa shape index (κ2) is 7.17. The molecule has 0 saturated carbocycles. The third kappa shape index (κ3) is 4.63. The number of hydrogen-bond donors (Lipinski definition) is 2. The van der Waals surface area contributed by atoms with Crippen molar-refractivity contribution in [3.63, 3.8) is 0 Å². The summed E-state index contributed by atoms with van der Waals surface area (Å²) in [6, 6.07) is 2.14. The fourth-order valence-corrected chi connectivity index (χ4v) is 3.00. The lowest BCUT2D eigenvalue weighted by Crippen LogP contribution is -2.27. The van der Waals surface area contributed by atoms with E-state index in [1.54, 1.807) is 6.92 Å². The molecule has 0 spiro atoms. The van der Waals surface area contributed by atoms with Crippen LogP contribution in [0.25, 0.3) is 0 Å². The first kappa shape index (κ1) is 17.8. The van der Waals surface area contributed by atoms with Crippen molar-refractivity contribution in [2.24, 2.45) is 0 Å². The molecule has 0 aliphatic carbocycles. The summed E-state index contributed by atoms with van der Waals surface area (Å²) in [6.07, 6.45) is 0.185. The molecular formula is C12H17ClN2O5S. The average molecular weight is 337 g/mol. The largest absolute Gasteiger partial charge is 0.393 e. The molecule has 118 valence electrons. The van der Waals surface area contributed by atoms with Crippen molar-refractivity contribution in [1.82, 2.24) is 4.72 Å². The van der Waals surface area contributed by atoms with E-state index in [1.165, 1.54) is 13.0 Å². The number of hydrogen-bond acceptors (Lipinski definition) is 5. The summed E-state index contributed by atoms with van der Waals surface area (Å²) in [4.78, 5) is 9.95. The highest BCUT2D eigenvalue weighted by atomic mass is 35.5. The predicted molar refractivity (Wildman–Crippen MR) is 78.9 cm³/mol. The van der Waals surface area contributed by atoms with E-state index in [2.05, 4.69) is 4.72 Å². The second-order valence-electron chi connectivity index (χ2n) is 4.55. The van der Waals surface area contributed by atoms with Gasteiger partial charge in [0.2, 0.25) is 10.0 Å². The third-order valence-electron chi connectivity index (χ3n) is 3.04. The highest BCUT2D eigenvalue weighted by molar-refractivity contribution is 7.89. The summed E-state index contributed by atoms with van der Waals surface area (Å²) in [5, 5.41) is 20.3. The number of nitro benzene ring substituents is 1. The van der Waals surface area contributed by atoms with Crippen LogP contribution in [0.1, 0.15) is 25.3 Å². The Balaban J connectivity index is 3.01. The maximum Gasteiger partial charge on any atom is 0.275 e. The van der Waals surface area contributed by atoms with Gasteiger partial charge in [-0.2, -0.15) is 0 Å². The molecule has 0 aliphatic heterocycles. The van der Waals surface area contributed by atoms with E-state index in [1.807, 2.05) is 0 Å². The van der Waals surface area contributed by atoms with Gasteiger partial charge in [-0.15, -0.1) is 0 Å². The number of sulfonamides is 1. The predicted octanol–water partition coefficient (Wildman–Crippen LogP) is 2.00. The quantitative estimate of drug-likeness (QED) is 0.584. The SMILES string of the molecule is CCC(O)CCNS(=O)(=O)c1cc(Cl)c(C)c([N+](=O)[O-])c1. The zero-order valence-electron chi connectivity index (χ0n) is 11.7.